The van der Waals surface area contributed by atoms with Crippen LogP contribution in [0.2, 0.25) is 0 Å². The van der Waals surface area contributed by atoms with E-state index in [1.54, 1.807) is 0 Å². The van der Waals surface area contributed by atoms with E-state index in [-0.39, 0.29) is 0 Å². The van der Waals surface area contributed by atoms with Gasteiger partial charge in [0, 0.05) is 36.5 Å². The van der Waals surface area contributed by atoms with Crippen molar-refractivity contribution < 1.29 is 4.79 Å². The number of carbonyl (C=O) groups excluding carboxylic acids is 1. The molecule has 0 saturated heterocycles. The Kier molecular flexibility index (Phi) is 4.20. The Morgan fingerprint density at radius 2 is 2.11 bits per heavy atom. The van der Waals surface area contributed by atoms with Crippen molar-refractivity contribution in [3.05, 3.63) is 36.0 Å². The Morgan fingerprint density at radius 3 is 2.89 bits per heavy atom. The summed E-state index contributed by atoms with van der Waals surface area (Å²) in [5.41, 5.74) is 2.31. The molecule has 0 aliphatic heterocycles. The lowest BCUT2D eigenvalue weighted by Gasteiger charge is -2.03. The summed E-state index contributed by atoms with van der Waals surface area (Å²) in [6, 6.07) is 8.22. The number of aldehydes is 1. The minimum atomic E-state index is 0.484. The highest BCUT2D eigenvalue weighted by atomic mass is 16.1. The molecule has 2 nitrogen and oxygen atoms in total. The van der Waals surface area contributed by atoms with Crippen molar-refractivity contribution in [2.45, 2.75) is 32.2 Å². The molecule has 0 fully saturated rings. The number of hydrogen-bond acceptors (Lipinski definition) is 1. The molecule has 0 saturated carbocycles. The van der Waals surface area contributed by atoms with Gasteiger partial charge in [0.1, 0.15) is 6.29 Å². The van der Waals surface area contributed by atoms with Crippen LogP contribution in [-0.2, 0) is 17.8 Å². The number of terminal acetylenes is 1. The topological polar surface area (TPSA) is 22.0 Å². The van der Waals surface area contributed by atoms with Gasteiger partial charge in [-0.2, -0.15) is 0 Å². The van der Waals surface area contributed by atoms with E-state index in [0.717, 1.165) is 37.7 Å². The van der Waals surface area contributed by atoms with E-state index in [0.29, 0.717) is 6.42 Å². The van der Waals surface area contributed by atoms with Gasteiger partial charge in [0.2, 0.25) is 0 Å². The first-order chi connectivity index (χ1) is 8.86. The van der Waals surface area contributed by atoms with Crippen LogP contribution < -0.4 is 0 Å². The maximum Gasteiger partial charge on any atom is 0.124 e. The molecule has 0 aliphatic carbocycles. The number of aromatic nitrogens is 1. The lowest BCUT2D eigenvalue weighted by molar-refractivity contribution is -0.107. The molecule has 2 aromatic rings. The summed E-state index contributed by atoms with van der Waals surface area (Å²) in [6.07, 6.45) is 11.7. The zero-order valence-corrected chi connectivity index (χ0v) is 10.4. The van der Waals surface area contributed by atoms with Gasteiger partial charge < -0.3 is 9.36 Å². The predicted molar refractivity (Wildman–Crippen MR) is 74.4 cm³/mol. The Hall–Kier alpha value is -2.01. The van der Waals surface area contributed by atoms with Gasteiger partial charge in [-0.05, 0) is 24.5 Å². The minimum Gasteiger partial charge on any atom is -0.347 e. The summed E-state index contributed by atoms with van der Waals surface area (Å²) < 4.78 is 2.23. The van der Waals surface area contributed by atoms with Crippen LogP contribution in [0.4, 0.5) is 0 Å². The highest BCUT2D eigenvalue weighted by Crippen LogP contribution is 2.22. The molecule has 0 spiro atoms. The molecular weight excluding hydrogens is 222 g/mol. The second kappa shape index (κ2) is 6.07. The number of unbranched alkanes of at least 4 members (excludes halogenated alkanes) is 2. The van der Waals surface area contributed by atoms with Gasteiger partial charge in [0.25, 0.3) is 0 Å². The Labute approximate surface area is 108 Å². The highest BCUT2D eigenvalue weighted by Gasteiger charge is 2.06. The fraction of sp³-hybridized carbons (Fsp3) is 0.312. The first-order valence-electron chi connectivity index (χ1n) is 6.30. The molecule has 2 rings (SSSR count). The summed E-state index contributed by atoms with van der Waals surface area (Å²) in [5.74, 6) is 2.66. The molecule has 18 heavy (non-hydrogen) atoms. The number of para-hydroxylation sites is 1. The van der Waals surface area contributed by atoms with Gasteiger partial charge in [-0.1, -0.05) is 18.2 Å². The average Bonchev–Trinajstić information content (AvgIpc) is 2.74. The van der Waals surface area contributed by atoms with Crippen molar-refractivity contribution >= 4 is 17.2 Å². The molecule has 0 radical (unpaired) electrons. The van der Waals surface area contributed by atoms with E-state index >= 15 is 0 Å². The van der Waals surface area contributed by atoms with Crippen LogP contribution in [0.5, 0.6) is 0 Å². The number of rotatable bonds is 6. The fourth-order valence-corrected chi connectivity index (χ4v) is 2.27. The molecule has 1 aromatic carbocycles. The summed E-state index contributed by atoms with van der Waals surface area (Å²) >= 11 is 0. The van der Waals surface area contributed by atoms with Crippen LogP contribution in [0.1, 0.15) is 24.8 Å². The molecule has 2 heteroatoms. The minimum absolute atomic E-state index is 0.484. The molecule has 92 valence electrons. The summed E-state index contributed by atoms with van der Waals surface area (Å²) in [6.45, 7) is 0.959. The third-order valence-electron chi connectivity index (χ3n) is 3.14. The van der Waals surface area contributed by atoms with Crippen LogP contribution in [0.15, 0.2) is 30.5 Å². The molecule has 0 aliphatic rings. The van der Waals surface area contributed by atoms with Crippen molar-refractivity contribution in [3.63, 3.8) is 0 Å². The van der Waals surface area contributed by atoms with Gasteiger partial charge in [0.15, 0.2) is 0 Å². The predicted octanol–water partition coefficient (Wildman–Crippen LogP) is 3.19. The van der Waals surface area contributed by atoms with Crippen LogP contribution in [0, 0.1) is 12.3 Å². The smallest absolute Gasteiger partial charge is 0.124 e. The molecule has 0 N–H and O–H groups in total. The van der Waals surface area contributed by atoms with E-state index in [2.05, 4.69) is 28.8 Å². The molecule has 0 atom stereocenters. The van der Waals surface area contributed by atoms with Crippen molar-refractivity contribution in [3.8, 4) is 12.3 Å². The molecule has 1 aromatic heterocycles. The highest BCUT2D eigenvalue weighted by molar-refractivity contribution is 5.85. The number of fused-ring (bicyclic) bond motifs is 1. The molecule has 0 bridgehead atoms. The van der Waals surface area contributed by atoms with E-state index in [1.165, 1.54) is 10.9 Å². The average molecular weight is 239 g/mol. The van der Waals surface area contributed by atoms with Crippen LogP contribution in [-0.4, -0.2) is 10.9 Å². The number of aryl methyl sites for hydroxylation is 1. The van der Waals surface area contributed by atoms with Crippen molar-refractivity contribution in [2.75, 3.05) is 0 Å². The van der Waals surface area contributed by atoms with E-state index < -0.39 is 0 Å². The Balaban J connectivity index is 2.22. The lowest BCUT2D eigenvalue weighted by atomic mass is 10.1. The van der Waals surface area contributed by atoms with Crippen LogP contribution >= 0.6 is 0 Å². The van der Waals surface area contributed by atoms with E-state index in [4.69, 9.17) is 6.42 Å². The van der Waals surface area contributed by atoms with Crippen molar-refractivity contribution in [2.24, 2.45) is 0 Å². The van der Waals surface area contributed by atoms with Crippen LogP contribution in [0.25, 0.3) is 10.9 Å². The number of nitrogens with zero attached hydrogens (tertiary/aromatic N) is 1. The first-order valence-corrected chi connectivity index (χ1v) is 6.30. The number of carbonyl (C=O) groups is 1. The van der Waals surface area contributed by atoms with Gasteiger partial charge >= 0.3 is 0 Å². The molecule has 0 amide bonds. The fourth-order valence-electron chi connectivity index (χ4n) is 2.27. The maximum atomic E-state index is 10.7. The largest absolute Gasteiger partial charge is 0.347 e. The molecule has 0 unspecified atom stereocenters. The SMILES string of the molecule is C#CCCCCn1cc(CC=O)c2ccccc21. The number of hydrogen-bond donors (Lipinski definition) is 0. The summed E-state index contributed by atoms with van der Waals surface area (Å²) in [5, 5.41) is 1.18. The lowest BCUT2D eigenvalue weighted by Crippen LogP contribution is -1.95. The summed E-state index contributed by atoms with van der Waals surface area (Å²) in [7, 11) is 0. The van der Waals surface area contributed by atoms with Crippen molar-refractivity contribution in [1.29, 1.82) is 0 Å². The third-order valence-corrected chi connectivity index (χ3v) is 3.14. The quantitative estimate of drug-likeness (QED) is 0.431. The monoisotopic (exact) mass is 239 g/mol. The summed E-state index contributed by atoms with van der Waals surface area (Å²) in [4.78, 5) is 10.7. The van der Waals surface area contributed by atoms with Gasteiger partial charge in [-0.3, -0.25) is 0 Å². The second-order valence-electron chi connectivity index (χ2n) is 4.40. The normalized spacial score (nSPS) is 10.4. The van der Waals surface area contributed by atoms with E-state index in [9.17, 15) is 4.79 Å². The van der Waals surface area contributed by atoms with Gasteiger partial charge in [-0.25, -0.2) is 0 Å². The zero-order valence-electron chi connectivity index (χ0n) is 10.4. The Morgan fingerprint density at radius 1 is 1.28 bits per heavy atom. The molecular formula is C16H17NO. The van der Waals surface area contributed by atoms with Crippen molar-refractivity contribution in [1.82, 2.24) is 4.57 Å². The zero-order chi connectivity index (χ0) is 12.8. The van der Waals surface area contributed by atoms with Gasteiger partial charge in [-0.15, -0.1) is 12.3 Å². The Bertz CT molecular complexity index is 574. The number of benzene rings is 1. The standard InChI is InChI=1S/C16H17NO/c1-2-3-4-7-11-17-13-14(10-12-18)15-8-5-6-9-16(15)17/h1,5-6,8-9,12-13H,3-4,7,10-11H2. The molecule has 1 heterocycles. The maximum absolute atomic E-state index is 10.7. The van der Waals surface area contributed by atoms with E-state index in [1.807, 2.05) is 12.1 Å². The van der Waals surface area contributed by atoms with Gasteiger partial charge in [0.05, 0.1) is 0 Å². The van der Waals surface area contributed by atoms with Crippen LogP contribution in [0.3, 0.4) is 0 Å². The third kappa shape index (κ3) is 2.62. The first kappa shape index (κ1) is 12.4. The second-order valence-corrected chi connectivity index (χ2v) is 4.40.